The fourth-order valence-electron chi connectivity index (χ4n) is 2.66. The number of methoxy groups -OCH3 is 1. The van der Waals surface area contributed by atoms with Crippen molar-refractivity contribution in [3.8, 4) is 5.75 Å². The highest BCUT2D eigenvalue weighted by Gasteiger charge is 2.07. The van der Waals surface area contributed by atoms with Crippen molar-refractivity contribution in [1.82, 2.24) is 0 Å². The van der Waals surface area contributed by atoms with Gasteiger partial charge in [-0.25, -0.2) is 4.79 Å². The molecule has 3 nitrogen and oxygen atoms in total. The van der Waals surface area contributed by atoms with E-state index in [1.807, 2.05) is 24.3 Å². The number of carbonyl (C=O) groups excluding carboxylic acids is 1. The van der Waals surface area contributed by atoms with Gasteiger partial charge < -0.3 is 9.47 Å². The Labute approximate surface area is 144 Å². The maximum Gasteiger partial charge on any atom is 0.330 e. The van der Waals surface area contributed by atoms with Crippen LogP contribution in [0, 0.1) is 0 Å². The predicted octanol–water partition coefficient (Wildman–Crippen LogP) is 5.38. The van der Waals surface area contributed by atoms with Crippen molar-refractivity contribution < 1.29 is 14.3 Å². The summed E-state index contributed by atoms with van der Waals surface area (Å²) in [4.78, 5) is 11.4. The summed E-state index contributed by atoms with van der Waals surface area (Å²) in [5, 5.41) is 2.20. The van der Waals surface area contributed by atoms with E-state index in [1.165, 1.54) is 38.9 Å². The summed E-state index contributed by atoms with van der Waals surface area (Å²) in [6.45, 7) is 2.91. The molecule has 0 saturated heterocycles. The van der Waals surface area contributed by atoms with E-state index in [0.29, 0.717) is 6.61 Å². The number of rotatable bonds is 9. The van der Waals surface area contributed by atoms with Crippen LogP contribution in [-0.2, 0) is 9.53 Å². The molecule has 0 spiro atoms. The summed E-state index contributed by atoms with van der Waals surface area (Å²) in [6.07, 6.45) is 9.19. The Morgan fingerprint density at radius 3 is 2.62 bits per heavy atom. The molecule has 0 aliphatic rings. The van der Waals surface area contributed by atoms with Gasteiger partial charge in [0.05, 0.1) is 13.7 Å². The lowest BCUT2D eigenvalue weighted by atomic mass is 10.0. The molecule has 0 radical (unpaired) electrons. The second-order valence-electron chi connectivity index (χ2n) is 5.82. The van der Waals surface area contributed by atoms with Gasteiger partial charge in [-0.3, -0.25) is 0 Å². The molecule has 0 N–H and O–H groups in total. The first kappa shape index (κ1) is 18.1. The highest BCUT2D eigenvalue weighted by Crippen LogP contribution is 2.31. The predicted molar refractivity (Wildman–Crippen MR) is 99.3 cm³/mol. The highest BCUT2D eigenvalue weighted by molar-refractivity contribution is 5.94. The quantitative estimate of drug-likeness (QED) is 0.353. The molecule has 0 unspecified atom stereocenters. The number of hydrogen-bond donors (Lipinski definition) is 0. The van der Waals surface area contributed by atoms with Gasteiger partial charge in [-0.1, -0.05) is 69.0 Å². The molecule has 0 aromatic heterocycles. The zero-order valence-electron chi connectivity index (χ0n) is 14.6. The molecule has 0 saturated carbocycles. The maximum absolute atomic E-state index is 11.4. The molecular weight excluding hydrogens is 300 g/mol. The molecule has 0 aliphatic carbocycles. The fraction of sp³-hybridized carbons (Fsp3) is 0.381. The van der Waals surface area contributed by atoms with Crippen molar-refractivity contribution in [3.63, 3.8) is 0 Å². The molecule has 0 aliphatic heterocycles. The molecule has 24 heavy (non-hydrogen) atoms. The van der Waals surface area contributed by atoms with E-state index in [-0.39, 0.29) is 5.97 Å². The summed E-state index contributed by atoms with van der Waals surface area (Å²) < 4.78 is 10.8. The van der Waals surface area contributed by atoms with Crippen LogP contribution in [0.2, 0.25) is 0 Å². The third-order valence-electron chi connectivity index (χ3n) is 4.00. The van der Waals surface area contributed by atoms with E-state index in [2.05, 4.69) is 23.8 Å². The Morgan fingerprint density at radius 2 is 1.83 bits per heavy atom. The highest BCUT2D eigenvalue weighted by atomic mass is 16.5. The van der Waals surface area contributed by atoms with Crippen molar-refractivity contribution in [2.24, 2.45) is 0 Å². The molecule has 0 heterocycles. The molecule has 0 atom stereocenters. The number of fused-ring (bicyclic) bond motifs is 1. The number of ether oxygens (including phenoxy) is 2. The van der Waals surface area contributed by atoms with E-state index in [4.69, 9.17) is 4.74 Å². The summed E-state index contributed by atoms with van der Waals surface area (Å²) in [7, 11) is 1.38. The molecule has 0 fully saturated rings. The molecule has 3 heteroatoms. The number of hydrogen-bond acceptors (Lipinski definition) is 3. The van der Waals surface area contributed by atoms with Gasteiger partial charge in [0.25, 0.3) is 0 Å². The van der Waals surface area contributed by atoms with Crippen LogP contribution in [0.15, 0.2) is 42.5 Å². The molecule has 128 valence electrons. The summed E-state index contributed by atoms with van der Waals surface area (Å²) in [5.74, 6) is 0.470. The molecule has 2 aromatic carbocycles. The monoisotopic (exact) mass is 326 g/mol. The van der Waals surface area contributed by atoms with Gasteiger partial charge in [0, 0.05) is 17.0 Å². The van der Waals surface area contributed by atoms with E-state index in [9.17, 15) is 4.79 Å². The normalized spacial score (nSPS) is 11.1. The number of benzene rings is 2. The van der Waals surface area contributed by atoms with E-state index >= 15 is 0 Å². The summed E-state index contributed by atoms with van der Waals surface area (Å²) in [5.41, 5.74) is 0.896. The first-order chi connectivity index (χ1) is 11.8. The molecule has 2 aromatic rings. The van der Waals surface area contributed by atoms with Crippen molar-refractivity contribution >= 4 is 22.8 Å². The lowest BCUT2D eigenvalue weighted by molar-refractivity contribution is -0.134. The number of unbranched alkanes of at least 4 members (excludes halogenated alkanes) is 4. The van der Waals surface area contributed by atoms with Gasteiger partial charge in [-0.15, -0.1) is 0 Å². The topological polar surface area (TPSA) is 35.5 Å². The van der Waals surface area contributed by atoms with Gasteiger partial charge in [0.1, 0.15) is 5.75 Å². The second-order valence-corrected chi connectivity index (χ2v) is 5.82. The molecule has 0 bridgehead atoms. The fourth-order valence-corrected chi connectivity index (χ4v) is 2.66. The summed E-state index contributed by atoms with van der Waals surface area (Å²) >= 11 is 0. The standard InChI is InChI=1S/C21H26O3/c1-3-4-5-6-9-16-24-21-18(14-15-20(22)23-2)13-12-17-10-7-8-11-19(17)21/h7-8,10-15H,3-6,9,16H2,1-2H3/b15-14+. The van der Waals surface area contributed by atoms with Crippen molar-refractivity contribution in [2.75, 3.05) is 13.7 Å². The first-order valence-electron chi connectivity index (χ1n) is 8.67. The van der Waals surface area contributed by atoms with Crippen LogP contribution >= 0.6 is 0 Å². The average molecular weight is 326 g/mol. The van der Waals surface area contributed by atoms with Gasteiger partial charge in [-0.2, -0.15) is 0 Å². The molecule has 0 amide bonds. The van der Waals surface area contributed by atoms with Crippen LogP contribution < -0.4 is 4.74 Å². The Morgan fingerprint density at radius 1 is 1.04 bits per heavy atom. The Hall–Kier alpha value is -2.29. The van der Waals surface area contributed by atoms with Crippen LogP contribution in [0.4, 0.5) is 0 Å². The van der Waals surface area contributed by atoms with Crippen LogP contribution in [0.25, 0.3) is 16.8 Å². The van der Waals surface area contributed by atoms with Crippen LogP contribution in [0.5, 0.6) is 5.75 Å². The van der Waals surface area contributed by atoms with E-state index in [0.717, 1.165) is 28.5 Å². The molecular formula is C21H26O3. The SMILES string of the molecule is CCCCCCCOc1c(/C=C/C(=O)OC)ccc2ccccc12. The maximum atomic E-state index is 11.4. The van der Waals surface area contributed by atoms with E-state index < -0.39 is 0 Å². The van der Waals surface area contributed by atoms with Crippen LogP contribution in [0.3, 0.4) is 0 Å². The largest absolute Gasteiger partial charge is 0.492 e. The Balaban J connectivity index is 2.16. The second kappa shape index (κ2) is 9.76. The molecule has 2 rings (SSSR count). The van der Waals surface area contributed by atoms with Crippen molar-refractivity contribution in [3.05, 3.63) is 48.0 Å². The first-order valence-corrected chi connectivity index (χ1v) is 8.67. The average Bonchev–Trinajstić information content (AvgIpc) is 2.63. The van der Waals surface area contributed by atoms with Crippen LogP contribution in [-0.4, -0.2) is 19.7 Å². The smallest absolute Gasteiger partial charge is 0.330 e. The van der Waals surface area contributed by atoms with E-state index in [1.54, 1.807) is 6.08 Å². The van der Waals surface area contributed by atoms with Gasteiger partial charge >= 0.3 is 5.97 Å². The lowest BCUT2D eigenvalue weighted by Gasteiger charge is -2.13. The lowest BCUT2D eigenvalue weighted by Crippen LogP contribution is -2.00. The van der Waals surface area contributed by atoms with Crippen molar-refractivity contribution in [1.29, 1.82) is 0 Å². The van der Waals surface area contributed by atoms with Gasteiger partial charge in [0.15, 0.2) is 0 Å². The minimum atomic E-state index is -0.367. The van der Waals surface area contributed by atoms with Gasteiger partial charge in [0.2, 0.25) is 0 Å². The number of carbonyl (C=O) groups is 1. The van der Waals surface area contributed by atoms with Gasteiger partial charge in [-0.05, 0) is 17.9 Å². The zero-order valence-corrected chi connectivity index (χ0v) is 14.6. The third-order valence-corrected chi connectivity index (χ3v) is 4.00. The minimum Gasteiger partial charge on any atom is -0.492 e. The third kappa shape index (κ3) is 5.12. The Kier molecular flexibility index (Phi) is 7.34. The van der Waals surface area contributed by atoms with Crippen LogP contribution in [0.1, 0.15) is 44.6 Å². The van der Waals surface area contributed by atoms with Crippen molar-refractivity contribution in [2.45, 2.75) is 39.0 Å². The minimum absolute atomic E-state index is 0.367. The number of esters is 1. The zero-order chi connectivity index (χ0) is 17.2. The summed E-state index contributed by atoms with van der Waals surface area (Å²) in [6, 6.07) is 12.2. The Bertz CT molecular complexity index is 689.